The number of amides is 1. The van der Waals surface area contributed by atoms with Gasteiger partial charge < -0.3 is 16.2 Å². The largest absolute Gasteiger partial charge is 0.396 e. The molecule has 0 rings (SSSR count). The minimum atomic E-state index is 0.151. The number of nitrogens with two attached hydrogens (primary N) is 1. The van der Waals surface area contributed by atoms with Gasteiger partial charge in [0.25, 0.3) is 0 Å². The van der Waals surface area contributed by atoms with Crippen molar-refractivity contribution < 1.29 is 9.90 Å². The third-order valence-electron chi connectivity index (χ3n) is 3.87. The molecule has 4 heteroatoms. The van der Waals surface area contributed by atoms with Crippen LogP contribution in [0.15, 0.2) is 0 Å². The van der Waals surface area contributed by atoms with E-state index in [1.165, 1.54) is 0 Å². The maximum absolute atomic E-state index is 11.8. The number of hydrogen-bond acceptors (Lipinski definition) is 3. The highest BCUT2D eigenvalue weighted by Crippen LogP contribution is 2.31. The van der Waals surface area contributed by atoms with Crippen LogP contribution in [0.4, 0.5) is 0 Å². The first-order chi connectivity index (χ1) is 9.41. The van der Waals surface area contributed by atoms with Crippen LogP contribution in [0.25, 0.3) is 0 Å². The number of nitrogens with one attached hydrogen (secondary N) is 1. The molecule has 0 saturated heterocycles. The van der Waals surface area contributed by atoms with Crippen molar-refractivity contribution in [1.29, 1.82) is 0 Å². The van der Waals surface area contributed by atoms with Crippen LogP contribution in [-0.2, 0) is 4.79 Å². The lowest BCUT2D eigenvalue weighted by Crippen LogP contribution is -2.28. The Bertz CT molecular complexity index is 249. The second kappa shape index (κ2) is 11.1. The molecule has 4 N–H and O–H groups in total. The van der Waals surface area contributed by atoms with E-state index in [4.69, 9.17) is 10.8 Å². The summed E-state index contributed by atoms with van der Waals surface area (Å²) in [6, 6.07) is 0. The molecule has 1 unspecified atom stereocenters. The van der Waals surface area contributed by atoms with Crippen LogP contribution in [0.5, 0.6) is 0 Å². The summed E-state index contributed by atoms with van der Waals surface area (Å²) >= 11 is 0. The van der Waals surface area contributed by atoms with E-state index in [9.17, 15) is 4.79 Å². The highest BCUT2D eigenvalue weighted by atomic mass is 16.2. The molecular formula is C16H34N2O2. The molecule has 0 heterocycles. The van der Waals surface area contributed by atoms with E-state index < -0.39 is 0 Å². The maximum atomic E-state index is 11.8. The smallest absolute Gasteiger partial charge is 0.220 e. The van der Waals surface area contributed by atoms with Gasteiger partial charge in [0.15, 0.2) is 0 Å². The van der Waals surface area contributed by atoms with Crippen molar-refractivity contribution in [2.24, 2.45) is 17.1 Å². The number of rotatable bonds is 11. The van der Waals surface area contributed by atoms with Crippen LogP contribution in [0.3, 0.4) is 0 Å². The summed E-state index contributed by atoms with van der Waals surface area (Å²) in [5, 5.41) is 11.6. The Hall–Kier alpha value is -0.610. The molecule has 120 valence electrons. The zero-order valence-electron chi connectivity index (χ0n) is 13.6. The van der Waals surface area contributed by atoms with E-state index in [2.05, 4.69) is 26.1 Å². The molecule has 0 aromatic heterocycles. The van der Waals surface area contributed by atoms with E-state index >= 15 is 0 Å². The average molecular weight is 286 g/mol. The normalized spacial score (nSPS) is 13.2. The van der Waals surface area contributed by atoms with Gasteiger partial charge in [-0.2, -0.15) is 0 Å². The second-order valence-electron chi connectivity index (χ2n) is 6.67. The maximum Gasteiger partial charge on any atom is 0.220 e. The molecule has 0 spiro atoms. The highest BCUT2D eigenvalue weighted by molar-refractivity contribution is 5.75. The predicted octanol–water partition coefficient (Wildman–Crippen LogP) is 2.45. The molecule has 1 amide bonds. The molecule has 0 aliphatic rings. The van der Waals surface area contributed by atoms with Crippen LogP contribution < -0.4 is 11.1 Å². The summed E-state index contributed by atoms with van der Waals surface area (Å²) in [5.74, 6) is 0.654. The van der Waals surface area contributed by atoms with Crippen molar-refractivity contribution in [1.82, 2.24) is 5.32 Å². The van der Waals surface area contributed by atoms with Gasteiger partial charge >= 0.3 is 0 Å². The lowest BCUT2D eigenvalue weighted by atomic mass is 9.76. The summed E-state index contributed by atoms with van der Waals surface area (Å²) in [5.41, 5.74) is 5.86. The molecule has 1 atom stereocenters. The molecule has 0 aliphatic heterocycles. The van der Waals surface area contributed by atoms with Crippen LogP contribution in [0, 0.1) is 11.3 Å². The van der Waals surface area contributed by atoms with Crippen LogP contribution in [0.1, 0.15) is 65.7 Å². The van der Waals surface area contributed by atoms with Gasteiger partial charge in [0.1, 0.15) is 0 Å². The molecule has 0 radical (unpaired) electrons. The van der Waals surface area contributed by atoms with Crippen LogP contribution in [-0.4, -0.2) is 30.7 Å². The van der Waals surface area contributed by atoms with Gasteiger partial charge in [-0.15, -0.1) is 0 Å². The zero-order chi connectivity index (χ0) is 15.4. The molecule has 0 aromatic rings. The third kappa shape index (κ3) is 10.2. The predicted molar refractivity (Wildman–Crippen MR) is 84.4 cm³/mol. The number of carbonyl (C=O) groups excluding carboxylic acids is 1. The monoisotopic (exact) mass is 286 g/mol. The minimum Gasteiger partial charge on any atom is -0.396 e. The Morgan fingerprint density at radius 1 is 1.15 bits per heavy atom. The van der Waals surface area contributed by atoms with Gasteiger partial charge in [-0.25, -0.2) is 0 Å². The van der Waals surface area contributed by atoms with E-state index in [-0.39, 0.29) is 17.9 Å². The number of hydrogen-bond donors (Lipinski definition) is 3. The Morgan fingerprint density at radius 2 is 1.80 bits per heavy atom. The van der Waals surface area contributed by atoms with Crippen LogP contribution >= 0.6 is 0 Å². The standard InChI is InChI=1S/C16H34N2O2/c1-16(2,3)14(10-11-17)8-9-15(20)18-12-6-4-5-7-13-19/h14,19H,4-13,17H2,1-3H3,(H,18,20). The lowest BCUT2D eigenvalue weighted by Gasteiger charge is -2.30. The number of unbranched alkanes of at least 4 members (excludes halogenated alkanes) is 3. The quantitative estimate of drug-likeness (QED) is 0.511. The Labute approximate surface area is 124 Å². The minimum absolute atomic E-state index is 0.151. The third-order valence-corrected chi connectivity index (χ3v) is 3.87. The summed E-state index contributed by atoms with van der Waals surface area (Å²) < 4.78 is 0. The lowest BCUT2D eigenvalue weighted by molar-refractivity contribution is -0.121. The van der Waals surface area contributed by atoms with Gasteiger partial charge in [-0.05, 0) is 43.6 Å². The van der Waals surface area contributed by atoms with Gasteiger partial charge in [-0.3, -0.25) is 4.79 Å². The zero-order valence-corrected chi connectivity index (χ0v) is 13.6. The van der Waals surface area contributed by atoms with Crippen molar-refractivity contribution in [2.75, 3.05) is 19.7 Å². The molecule has 4 nitrogen and oxygen atoms in total. The average Bonchev–Trinajstić information content (AvgIpc) is 2.37. The molecule has 0 bridgehead atoms. The fourth-order valence-corrected chi connectivity index (χ4v) is 2.42. The summed E-state index contributed by atoms with van der Waals surface area (Å²) in [4.78, 5) is 11.8. The van der Waals surface area contributed by atoms with Gasteiger partial charge in [0.05, 0.1) is 0 Å². The Balaban J connectivity index is 3.74. The van der Waals surface area contributed by atoms with Crippen molar-refractivity contribution in [2.45, 2.75) is 65.7 Å². The Kier molecular flexibility index (Phi) is 10.8. The fraction of sp³-hybridized carbons (Fsp3) is 0.938. The first-order valence-electron chi connectivity index (χ1n) is 7.99. The van der Waals surface area contributed by atoms with Gasteiger partial charge in [-0.1, -0.05) is 33.6 Å². The molecule has 0 aromatic carbocycles. The summed E-state index contributed by atoms with van der Waals surface area (Å²) in [6.45, 7) is 8.35. The number of aliphatic hydroxyl groups excluding tert-OH is 1. The van der Waals surface area contributed by atoms with E-state index in [0.717, 1.165) is 45.1 Å². The van der Waals surface area contributed by atoms with Crippen molar-refractivity contribution in [3.05, 3.63) is 0 Å². The van der Waals surface area contributed by atoms with Gasteiger partial charge in [0.2, 0.25) is 5.91 Å². The fourth-order valence-electron chi connectivity index (χ4n) is 2.42. The van der Waals surface area contributed by atoms with E-state index in [1.54, 1.807) is 0 Å². The Morgan fingerprint density at radius 3 is 2.35 bits per heavy atom. The van der Waals surface area contributed by atoms with Crippen molar-refractivity contribution >= 4 is 5.91 Å². The van der Waals surface area contributed by atoms with Crippen molar-refractivity contribution in [3.8, 4) is 0 Å². The highest BCUT2D eigenvalue weighted by Gasteiger charge is 2.24. The second-order valence-corrected chi connectivity index (χ2v) is 6.67. The van der Waals surface area contributed by atoms with E-state index in [0.29, 0.717) is 18.9 Å². The number of aliphatic hydroxyl groups is 1. The molecular weight excluding hydrogens is 252 g/mol. The topological polar surface area (TPSA) is 75.4 Å². The molecule has 0 fully saturated rings. The summed E-state index contributed by atoms with van der Waals surface area (Å²) in [6.07, 6.45) is 6.46. The van der Waals surface area contributed by atoms with E-state index in [1.807, 2.05) is 0 Å². The van der Waals surface area contributed by atoms with Crippen molar-refractivity contribution in [3.63, 3.8) is 0 Å². The molecule has 20 heavy (non-hydrogen) atoms. The van der Waals surface area contributed by atoms with Gasteiger partial charge in [0, 0.05) is 19.6 Å². The molecule has 0 aliphatic carbocycles. The first kappa shape index (κ1) is 19.4. The SMILES string of the molecule is CC(C)(C)C(CCN)CCC(=O)NCCCCCCO. The van der Waals surface area contributed by atoms with Crippen LogP contribution in [0.2, 0.25) is 0 Å². The molecule has 0 saturated carbocycles. The first-order valence-corrected chi connectivity index (χ1v) is 7.99. The number of carbonyl (C=O) groups is 1. The summed E-state index contributed by atoms with van der Waals surface area (Å²) in [7, 11) is 0.